The average Bonchev–Trinajstić information content (AvgIpc) is 2.77. The molecule has 30 heavy (non-hydrogen) atoms. The first-order valence-corrected chi connectivity index (χ1v) is 9.44. The number of aryl methyl sites for hydroxylation is 1. The molecule has 0 radical (unpaired) electrons. The van der Waals surface area contributed by atoms with Crippen LogP contribution in [0, 0.1) is 11.8 Å². The van der Waals surface area contributed by atoms with Crippen molar-refractivity contribution in [3.8, 4) is 17.2 Å². The van der Waals surface area contributed by atoms with Gasteiger partial charge in [-0.25, -0.2) is 0 Å². The maximum Gasteiger partial charge on any atom is 0.260 e. The molecule has 9 heteroatoms. The molecule has 2 aromatic carbocycles. The number of piperazine rings is 1. The van der Waals surface area contributed by atoms with Gasteiger partial charge in [-0.05, 0) is 48.0 Å². The Bertz CT molecular complexity index is 954. The molecule has 2 amide bonds. The van der Waals surface area contributed by atoms with Crippen molar-refractivity contribution in [3.63, 3.8) is 0 Å². The summed E-state index contributed by atoms with van der Waals surface area (Å²) in [5.41, 5.74) is 1.28. The van der Waals surface area contributed by atoms with Crippen molar-refractivity contribution in [3.05, 3.63) is 52.4 Å². The van der Waals surface area contributed by atoms with Crippen molar-refractivity contribution in [2.45, 2.75) is 6.92 Å². The van der Waals surface area contributed by atoms with Crippen LogP contribution >= 0.6 is 0 Å². The van der Waals surface area contributed by atoms with E-state index in [4.69, 9.17) is 9.47 Å². The van der Waals surface area contributed by atoms with Gasteiger partial charge >= 0.3 is 0 Å². The van der Waals surface area contributed by atoms with E-state index in [1.54, 1.807) is 47.1 Å². The Balaban J connectivity index is 1.54. The van der Waals surface area contributed by atoms with E-state index in [0.29, 0.717) is 43.2 Å². The Morgan fingerprint density at radius 3 is 2.43 bits per heavy atom. The molecule has 2 aromatic rings. The number of rotatable bonds is 6. The van der Waals surface area contributed by atoms with E-state index in [-0.39, 0.29) is 35.5 Å². The fraction of sp³-hybridized carbons (Fsp3) is 0.333. The van der Waals surface area contributed by atoms with Crippen molar-refractivity contribution in [2.24, 2.45) is 5.18 Å². The second-order valence-corrected chi connectivity index (χ2v) is 6.86. The standard InChI is InChI=1S/C21H23N3O6/c1-14-12-15(6-7-17(14)22-28)30-13-19(26)23-8-10-24(11-9-23)21(27)16-4-3-5-18(25)20(16)29-2/h3-7,12,25H,8-11,13H2,1-2H3. The summed E-state index contributed by atoms with van der Waals surface area (Å²) in [7, 11) is 1.40. The first-order valence-electron chi connectivity index (χ1n) is 9.44. The van der Waals surface area contributed by atoms with Gasteiger partial charge in [-0.15, -0.1) is 4.91 Å². The molecule has 0 bridgehead atoms. The van der Waals surface area contributed by atoms with Crippen LogP contribution in [0.4, 0.5) is 5.69 Å². The number of nitroso groups, excluding NO2 is 1. The molecule has 1 saturated heterocycles. The summed E-state index contributed by atoms with van der Waals surface area (Å²) in [6, 6.07) is 9.43. The number of phenolic OH excluding ortho intramolecular Hbond substituents is 1. The smallest absolute Gasteiger partial charge is 0.260 e. The second kappa shape index (κ2) is 9.25. The maximum absolute atomic E-state index is 12.8. The molecule has 158 valence electrons. The summed E-state index contributed by atoms with van der Waals surface area (Å²) < 4.78 is 10.7. The number of hydrogen-bond acceptors (Lipinski definition) is 7. The predicted molar refractivity (Wildman–Crippen MR) is 109 cm³/mol. The second-order valence-electron chi connectivity index (χ2n) is 6.86. The van der Waals surface area contributed by atoms with Crippen LogP contribution in [0.25, 0.3) is 0 Å². The SMILES string of the molecule is COc1c(O)cccc1C(=O)N1CCN(C(=O)COc2ccc(N=O)c(C)c2)CC1. The molecular weight excluding hydrogens is 390 g/mol. The molecule has 0 unspecified atom stereocenters. The minimum atomic E-state index is -0.259. The first kappa shape index (κ1) is 21.1. The van der Waals surface area contributed by atoms with E-state index in [0.717, 1.165) is 0 Å². The third-order valence-corrected chi connectivity index (χ3v) is 4.98. The number of benzene rings is 2. The molecule has 1 heterocycles. The number of hydrogen-bond donors (Lipinski definition) is 1. The number of carbonyl (C=O) groups is 2. The van der Waals surface area contributed by atoms with Crippen molar-refractivity contribution < 1.29 is 24.2 Å². The summed E-state index contributed by atoms with van der Waals surface area (Å²) in [4.78, 5) is 39.1. The molecule has 0 spiro atoms. The zero-order valence-electron chi connectivity index (χ0n) is 16.8. The van der Waals surface area contributed by atoms with Gasteiger partial charge in [-0.3, -0.25) is 9.59 Å². The van der Waals surface area contributed by atoms with Crippen molar-refractivity contribution >= 4 is 17.5 Å². The van der Waals surface area contributed by atoms with E-state index in [1.807, 2.05) is 0 Å². The molecule has 9 nitrogen and oxygen atoms in total. The van der Waals surface area contributed by atoms with Gasteiger partial charge in [0.2, 0.25) is 0 Å². The van der Waals surface area contributed by atoms with E-state index in [2.05, 4.69) is 5.18 Å². The third kappa shape index (κ3) is 4.51. The summed E-state index contributed by atoms with van der Waals surface area (Å²) in [5.74, 6) is 0.0813. The molecule has 0 aliphatic carbocycles. The summed E-state index contributed by atoms with van der Waals surface area (Å²) in [6.07, 6.45) is 0. The molecule has 1 fully saturated rings. The number of methoxy groups -OCH3 is 1. The number of carbonyl (C=O) groups excluding carboxylic acids is 2. The minimum absolute atomic E-state index is 0.0958. The zero-order chi connectivity index (χ0) is 21.7. The van der Waals surface area contributed by atoms with Crippen LogP contribution in [-0.2, 0) is 4.79 Å². The lowest BCUT2D eigenvalue weighted by Gasteiger charge is -2.35. The van der Waals surface area contributed by atoms with E-state index in [1.165, 1.54) is 13.2 Å². The van der Waals surface area contributed by atoms with Gasteiger partial charge in [0, 0.05) is 26.2 Å². The maximum atomic E-state index is 12.8. The Labute approximate surface area is 173 Å². The predicted octanol–water partition coefficient (Wildman–Crippen LogP) is 2.47. The fourth-order valence-corrected chi connectivity index (χ4v) is 3.29. The van der Waals surface area contributed by atoms with Crippen LogP contribution in [-0.4, -0.2) is 66.6 Å². The van der Waals surface area contributed by atoms with Gasteiger partial charge in [0.1, 0.15) is 11.4 Å². The molecule has 0 saturated carbocycles. The Hall–Kier alpha value is -3.62. The van der Waals surface area contributed by atoms with Crippen LogP contribution < -0.4 is 9.47 Å². The molecule has 0 aromatic heterocycles. The van der Waals surface area contributed by atoms with Gasteiger partial charge in [0.05, 0.1) is 12.7 Å². The number of ether oxygens (including phenoxy) is 2. The average molecular weight is 413 g/mol. The van der Waals surface area contributed by atoms with Crippen molar-refractivity contribution in [1.29, 1.82) is 0 Å². The summed E-state index contributed by atoms with van der Waals surface area (Å²) in [6.45, 7) is 3.08. The minimum Gasteiger partial charge on any atom is -0.504 e. The number of aromatic hydroxyl groups is 1. The van der Waals surface area contributed by atoms with Gasteiger partial charge in [0.15, 0.2) is 18.1 Å². The van der Waals surface area contributed by atoms with Crippen LogP contribution in [0.3, 0.4) is 0 Å². The van der Waals surface area contributed by atoms with Crippen molar-refractivity contribution in [1.82, 2.24) is 9.80 Å². The first-order chi connectivity index (χ1) is 14.4. The molecule has 1 N–H and O–H groups in total. The van der Waals surface area contributed by atoms with E-state index >= 15 is 0 Å². The van der Waals surface area contributed by atoms with Crippen LogP contribution in [0.15, 0.2) is 41.6 Å². The Morgan fingerprint density at radius 1 is 1.10 bits per heavy atom. The third-order valence-electron chi connectivity index (χ3n) is 4.98. The summed E-state index contributed by atoms with van der Waals surface area (Å²) >= 11 is 0. The molecule has 1 aliphatic heterocycles. The van der Waals surface area contributed by atoms with Gasteiger partial charge < -0.3 is 24.4 Å². The van der Waals surface area contributed by atoms with E-state index in [9.17, 15) is 19.6 Å². The van der Waals surface area contributed by atoms with Crippen LogP contribution in [0.5, 0.6) is 17.2 Å². The Kier molecular flexibility index (Phi) is 6.51. The van der Waals surface area contributed by atoms with Gasteiger partial charge in [0.25, 0.3) is 11.8 Å². The van der Waals surface area contributed by atoms with Crippen molar-refractivity contribution in [2.75, 3.05) is 39.9 Å². The molecule has 3 rings (SSSR count). The number of phenols is 1. The topological polar surface area (TPSA) is 109 Å². The highest BCUT2D eigenvalue weighted by molar-refractivity contribution is 5.98. The lowest BCUT2D eigenvalue weighted by molar-refractivity contribution is -0.134. The molecule has 0 atom stereocenters. The van der Waals surface area contributed by atoms with Gasteiger partial charge in [-0.2, -0.15) is 0 Å². The van der Waals surface area contributed by atoms with Gasteiger partial charge in [-0.1, -0.05) is 6.07 Å². The Morgan fingerprint density at radius 2 is 1.80 bits per heavy atom. The van der Waals surface area contributed by atoms with Crippen LogP contribution in [0.1, 0.15) is 15.9 Å². The zero-order valence-corrected chi connectivity index (χ0v) is 16.8. The molecular formula is C21H23N3O6. The number of nitrogens with zero attached hydrogens (tertiary/aromatic N) is 3. The highest BCUT2D eigenvalue weighted by Crippen LogP contribution is 2.30. The van der Waals surface area contributed by atoms with Crippen LogP contribution in [0.2, 0.25) is 0 Å². The summed E-state index contributed by atoms with van der Waals surface area (Å²) in [5, 5.41) is 12.8. The fourth-order valence-electron chi connectivity index (χ4n) is 3.29. The normalized spacial score (nSPS) is 13.7. The lowest BCUT2D eigenvalue weighted by atomic mass is 10.1. The lowest BCUT2D eigenvalue weighted by Crippen LogP contribution is -2.51. The monoisotopic (exact) mass is 413 g/mol. The highest BCUT2D eigenvalue weighted by Gasteiger charge is 2.27. The number of para-hydroxylation sites is 1. The number of amides is 2. The molecule has 1 aliphatic rings. The highest BCUT2D eigenvalue weighted by atomic mass is 16.5. The quantitative estimate of drug-likeness (QED) is 0.729. The van der Waals surface area contributed by atoms with E-state index < -0.39 is 0 Å². The largest absolute Gasteiger partial charge is 0.504 e.